The highest BCUT2D eigenvalue weighted by Crippen LogP contribution is 2.37. The fourth-order valence-electron chi connectivity index (χ4n) is 1.53. The van der Waals surface area contributed by atoms with Crippen molar-refractivity contribution in [2.24, 2.45) is 0 Å². The van der Waals surface area contributed by atoms with Gasteiger partial charge in [-0.3, -0.25) is 4.57 Å². The summed E-state index contributed by atoms with van der Waals surface area (Å²) in [6.07, 6.45) is 0. The second-order valence-corrected chi connectivity index (χ2v) is 6.74. The first-order chi connectivity index (χ1) is 8.00. The number of rotatable bonds is 2. The molecule has 0 fully saturated rings. The van der Waals surface area contributed by atoms with Gasteiger partial charge in [-0.15, -0.1) is 0 Å². The molecule has 0 saturated heterocycles. The maximum Gasteiger partial charge on any atom is 0.276 e. The summed E-state index contributed by atoms with van der Waals surface area (Å²) in [7, 11) is -3.59. The summed E-state index contributed by atoms with van der Waals surface area (Å²) < 4.78 is 13.1. The Bertz CT molecular complexity index is 566. The SMILES string of the molecule is Cc1cc(Br)cc(P(=O)(O)c2ccccc2)n1. The monoisotopic (exact) mass is 311 g/mol. The number of aromatic nitrogens is 1. The molecule has 1 heterocycles. The Hall–Kier alpha value is -0.960. The highest BCUT2D eigenvalue weighted by molar-refractivity contribution is 9.10. The normalized spacial score (nSPS) is 14.3. The summed E-state index contributed by atoms with van der Waals surface area (Å²) in [6, 6.07) is 11.9. The number of nitrogens with zero attached hydrogens (tertiary/aromatic N) is 1. The maximum atomic E-state index is 12.4. The summed E-state index contributed by atoms with van der Waals surface area (Å²) in [5.74, 6) is 0. The molecule has 2 aromatic rings. The Labute approximate surface area is 108 Å². The van der Waals surface area contributed by atoms with Crippen molar-refractivity contribution in [2.45, 2.75) is 6.92 Å². The van der Waals surface area contributed by atoms with Gasteiger partial charge < -0.3 is 4.89 Å². The molecule has 0 aliphatic rings. The standard InChI is InChI=1S/C12H11BrNO2P/c1-9-7-10(13)8-12(14-9)17(15,16)11-5-3-2-4-6-11/h2-8H,1H3,(H,15,16). The van der Waals surface area contributed by atoms with E-state index in [-0.39, 0.29) is 5.44 Å². The summed E-state index contributed by atoms with van der Waals surface area (Å²) in [4.78, 5) is 14.3. The third-order valence-corrected chi connectivity index (χ3v) is 4.63. The highest BCUT2D eigenvalue weighted by Gasteiger charge is 2.26. The van der Waals surface area contributed by atoms with Crippen LogP contribution in [0.4, 0.5) is 0 Å². The third kappa shape index (κ3) is 2.65. The Kier molecular flexibility index (Phi) is 3.48. The fraction of sp³-hybridized carbons (Fsp3) is 0.0833. The lowest BCUT2D eigenvalue weighted by atomic mass is 10.4. The predicted molar refractivity (Wildman–Crippen MR) is 72.2 cm³/mol. The number of hydrogen-bond acceptors (Lipinski definition) is 2. The average Bonchev–Trinajstić information content (AvgIpc) is 2.29. The van der Waals surface area contributed by atoms with Gasteiger partial charge in [0.25, 0.3) is 7.37 Å². The lowest BCUT2D eigenvalue weighted by Gasteiger charge is -2.12. The number of aryl methyl sites for hydroxylation is 1. The number of pyridine rings is 1. The molecule has 1 N–H and O–H groups in total. The van der Waals surface area contributed by atoms with Gasteiger partial charge in [0.2, 0.25) is 0 Å². The quantitative estimate of drug-likeness (QED) is 0.866. The van der Waals surface area contributed by atoms with Crippen LogP contribution in [-0.2, 0) is 4.57 Å². The van der Waals surface area contributed by atoms with Gasteiger partial charge in [0.15, 0.2) is 0 Å². The molecule has 1 unspecified atom stereocenters. The van der Waals surface area contributed by atoms with Crippen LogP contribution in [0.15, 0.2) is 46.9 Å². The van der Waals surface area contributed by atoms with Gasteiger partial charge in [-0.25, -0.2) is 4.98 Å². The maximum absolute atomic E-state index is 12.4. The molecule has 1 atom stereocenters. The molecule has 17 heavy (non-hydrogen) atoms. The van der Waals surface area contributed by atoms with E-state index in [1.54, 1.807) is 43.3 Å². The van der Waals surface area contributed by atoms with Gasteiger partial charge in [0, 0.05) is 15.5 Å². The van der Waals surface area contributed by atoms with Crippen LogP contribution in [0.2, 0.25) is 0 Å². The van der Waals surface area contributed by atoms with Gasteiger partial charge >= 0.3 is 0 Å². The van der Waals surface area contributed by atoms with Crippen molar-refractivity contribution in [3.8, 4) is 0 Å². The molecule has 0 spiro atoms. The van der Waals surface area contributed by atoms with Crippen LogP contribution < -0.4 is 10.7 Å². The van der Waals surface area contributed by atoms with Crippen molar-refractivity contribution in [1.29, 1.82) is 0 Å². The fourth-order valence-corrected chi connectivity index (χ4v) is 3.70. The smallest absolute Gasteiger partial charge is 0.276 e. The molecular formula is C12H11BrNO2P. The Morgan fingerprint density at radius 3 is 2.47 bits per heavy atom. The van der Waals surface area contributed by atoms with E-state index in [4.69, 9.17) is 0 Å². The zero-order valence-corrected chi connectivity index (χ0v) is 11.6. The zero-order valence-electron chi connectivity index (χ0n) is 9.17. The predicted octanol–water partition coefficient (Wildman–Crippen LogP) is 2.37. The number of halogens is 1. The van der Waals surface area contributed by atoms with Crippen LogP contribution in [-0.4, -0.2) is 9.88 Å². The van der Waals surface area contributed by atoms with Gasteiger partial charge in [-0.05, 0) is 31.2 Å². The zero-order chi connectivity index (χ0) is 12.5. The Morgan fingerprint density at radius 1 is 1.24 bits per heavy atom. The van der Waals surface area contributed by atoms with Gasteiger partial charge in [-0.1, -0.05) is 34.1 Å². The summed E-state index contributed by atoms with van der Waals surface area (Å²) in [6.45, 7) is 1.79. The molecule has 5 heteroatoms. The topological polar surface area (TPSA) is 50.2 Å². The van der Waals surface area contributed by atoms with Crippen molar-refractivity contribution in [3.05, 3.63) is 52.6 Å². The van der Waals surface area contributed by atoms with Gasteiger partial charge in [-0.2, -0.15) is 0 Å². The van der Waals surface area contributed by atoms with Crippen molar-refractivity contribution in [3.63, 3.8) is 0 Å². The van der Waals surface area contributed by atoms with E-state index < -0.39 is 7.37 Å². The van der Waals surface area contributed by atoms with Crippen molar-refractivity contribution in [1.82, 2.24) is 4.98 Å². The highest BCUT2D eigenvalue weighted by atomic mass is 79.9. The minimum atomic E-state index is -3.59. The molecular weight excluding hydrogens is 301 g/mol. The molecule has 1 aromatic heterocycles. The largest absolute Gasteiger partial charge is 0.337 e. The first-order valence-electron chi connectivity index (χ1n) is 5.03. The molecule has 3 nitrogen and oxygen atoms in total. The van der Waals surface area contributed by atoms with Crippen molar-refractivity contribution >= 4 is 34.0 Å². The molecule has 0 radical (unpaired) electrons. The van der Waals surface area contributed by atoms with Crippen LogP contribution in [0.1, 0.15) is 5.69 Å². The van der Waals surface area contributed by atoms with E-state index in [0.717, 1.165) is 4.47 Å². The summed E-state index contributed by atoms with van der Waals surface area (Å²) in [5, 5.41) is 0.394. The van der Waals surface area contributed by atoms with E-state index in [0.29, 0.717) is 11.0 Å². The molecule has 2 rings (SSSR count). The van der Waals surface area contributed by atoms with Crippen molar-refractivity contribution < 1.29 is 9.46 Å². The summed E-state index contributed by atoms with van der Waals surface area (Å²) in [5.41, 5.74) is 0.912. The number of benzene rings is 1. The second kappa shape index (κ2) is 4.73. The Balaban J connectivity index is 2.56. The summed E-state index contributed by atoms with van der Waals surface area (Å²) >= 11 is 3.31. The lowest BCUT2D eigenvalue weighted by Crippen LogP contribution is -2.19. The molecule has 0 saturated carbocycles. The average molecular weight is 312 g/mol. The molecule has 88 valence electrons. The van der Waals surface area contributed by atoms with E-state index in [9.17, 15) is 9.46 Å². The van der Waals surface area contributed by atoms with Crippen molar-refractivity contribution in [2.75, 3.05) is 0 Å². The first-order valence-corrected chi connectivity index (χ1v) is 7.48. The molecule has 1 aromatic carbocycles. The van der Waals surface area contributed by atoms with E-state index in [1.807, 2.05) is 6.07 Å². The van der Waals surface area contributed by atoms with Crippen LogP contribution in [0.25, 0.3) is 0 Å². The van der Waals surface area contributed by atoms with E-state index in [1.165, 1.54) is 0 Å². The van der Waals surface area contributed by atoms with Crippen LogP contribution in [0, 0.1) is 6.92 Å². The van der Waals surface area contributed by atoms with E-state index in [2.05, 4.69) is 20.9 Å². The minimum Gasteiger partial charge on any atom is -0.337 e. The number of hydrogen-bond donors (Lipinski definition) is 1. The lowest BCUT2D eigenvalue weighted by molar-refractivity contribution is 0.500. The van der Waals surface area contributed by atoms with Gasteiger partial charge in [0.05, 0.1) is 0 Å². The van der Waals surface area contributed by atoms with Crippen LogP contribution in [0.5, 0.6) is 0 Å². The van der Waals surface area contributed by atoms with Crippen LogP contribution in [0.3, 0.4) is 0 Å². The molecule has 0 amide bonds. The first kappa shape index (κ1) is 12.5. The Morgan fingerprint density at radius 2 is 1.88 bits per heavy atom. The molecule has 0 aliphatic carbocycles. The minimum absolute atomic E-state index is 0.204. The molecule has 0 aliphatic heterocycles. The second-order valence-electron chi connectivity index (χ2n) is 3.70. The molecule has 0 bridgehead atoms. The van der Waals surface area contributed by atoms with E-state index >= 15 is 0 Å². The van der Waals surface area contributed by atoms with Crippen LogP contribution >= 0.6 is 23.3 Å². The van der Waals surface area contributed by atoms with Gasteiger partial charge in [0.1, 0.15) is 5.44 Å². The third-order valence-electron chi connectivity index (χ3n) is 2.32.